The van der Waals surface area contributed by atoms with Crippen molar-refractivity contribution < 1.29 is 14.3 Å². The number of fused-ring (bicyclic) bond motifs is 3. The summed E-state index contributed by atoms with van der Waals surface area (Å²) in [5.74, 6) is 1.20. The molecule has 0 saturated heterocycles. The SMILES string of the molecule is CCCCCC(C)Oc1cc(O)c2c3c(c(=O)oc2c1)CCC(C)C3. The zero-order valence-corrected chi connectivity index (χ0v) is 15.4. The van der Waals surface area contributed by atoms with Gasteiger partial charge in [-0.05, 0) is 50.5 Å². The minimum absolute atomic E-state index is 0.0628. The topological polar surface area (TPSA) is 59.7 Å². The molecular formula is C21H28O4. The molecule has 1 aliphatic rings. The number of benzene rings is 1. The van der Waals surface area contributed by atoms with Crippen LogP contribution >= 0.6 is 0 Å². The molecule has 4 heteroatoms. The molecule has 0 fully saturated rings. The van der Waals surface area contributed by atoms with Gasteiger partial charge in [0.2, 0.25) is 0 Å². The molecule has 136 valence electrons. The molecule has 0 radical (unpaired) electrons. The zero-order valence-electron chi connectivity index (χ0n) is 15.4. The van der Waals surface area contributed by atoms with Crippen LogP contribution in [-0.2, 0) is 12.8 Å². The van der Waals surface area contributed by atoms with Gasteiger partial charge in [-0.1, -0.05) is 26.7 Å². The normalized spacial score (nSPS) is 18.1. The third-order valence-electron chi connectivity index (χ3n) is 5.16. The molecule has 1 heterocycles. The summed E-state index contributed by atoms with van der Waals surface area (Å²) in [5.41, 5.74) is 1.82. The average Bonchev–Trinajstić information content (AvgIpc) is 2.54. The second-order valence-electron chi connectivity index (χ2n) is 7.43. The summed E-state index contributed by atoms with van der Waals surface area (Å²) in [5, 5.41) is 11.2. The first kappa shape index (κ1) is 17.8. The molecule has 1 aromatic carbocycles. The largest absolute Gasteiger partial charge is 0.507 e. The van der Waals surface area contributed by atoms with Gasteiger partial charge in [0.25, 0.3) is 0 Å². The molecule has 1 aliphatic carbocycles. The van der Waals surface area contributed by atoms with Gasteiger partial charge in [-0.25, -0.2) is 4.79 Å². The van der Waals surface area contributed by atoms with E-state index < -0.39 is 0 Å². The summed E-state index contributed by atoms with van der Waals surface area (Å²) in [4.78, 5) is 12.3. The third kappa shape index (κ3) is 3.83. The summed E-state index contributed by atoms with van der Waals surface area (Å²) < 4.78 is 11.4. The second kappa shape index (κ2) is 7.51. The molecule has 1 aromatic heterocycles. The van der Waals surface area contributed by atoms with Gasteiger partial charge in [-0.3, -0.25) is 0 Å². The van der Waals surface area contributed by atoms with E-state index in [1.165, 1.54) is 12.8 Å². The smallest absolute Gasteiger partial charge is 0.339 e. The highest BCUT2D eigenvalue weighted by atomic mass is 16.5. The van der Waals surface area contributed by atoms with Gasteiger partial charge in [-0.15, -0.1) is 0 Å². The molecule has 0 aliphatic heterocycles. The number of phenols is 1. The van der Waals surface area contributed by atoms with Gasteiger partial charge in [0.15, 0.2) is 0 Å². The van der Waals surface area contributed by atoms with Crippen molar-refractivity contribution in [3.63, 3.8) is 0 Å². The molecule has 4 nitrogen and oxygen atoms in total. The third-order valence-corrected chi connectivity index (χ3v) is 5.16. The molecule has 0 spiro atoms. The Kier molecular flexibility index (Phi) is 5.36. The predicted molar refractivity (Wildman–Crippen MR) is 99.6 cm³/mol. The number of hydrogen-bond donors (Lipinski definition) is 1. The Morgan fingerprint density at radius 1 is 1.32 bits per heavy atom. The van der Waals surface area contributed by atoms with Crippen molar-refractivity contribution in [3.05, 3.63) is 33.7 Å². The number of hydrogen-bond acceptors (Lipinski definition) is 4. The molecule has 2 unspecified atom stereocenters. The maximum absolute atomic E-state index is 12.3. The Morgan fingerprint density at radius 3 is 2.88 bits per heavy atom. The molecule has 2 aromatic rings. The van der Waals surface area contributed by atoms with Crippen molar-refractivity contribution in [3.8, 4) is 11.5 Å². The van der Waals surface area contributed by atoms with Gasteiger partial charge in [0.05, 0.1) is 11.5 Å². The Morgan fingerprint density at radius 2 is 2.12 bits per heavy atom. The highest BCUT2D eigenvalue weighted by molar-refractivity contribution is 5.89. The first-order valence-corrected chi connectivity index (χ1v) is 9.47. The van der Waals surface area contributed by atoms with E-state index in [-0.39, 0.29) is 17.5 Å². The van der Waals surface area contributed by atoms with E-state index in [1.807, 2.05) is 6.92 Å². The summed E-state index contributed by atoms with van der Waals surface area (Å²) in [7, 11) is 0. The molecule has 0 saturated carbocycles. The van der Waals surface area contributed by atoms with Crippen molar-refractivity contribution in [2.75, 3.05) is 0 Å². The van der Waals surface area contributed by atoms with Crippen molar-refractivity contribution in [1.82, 2.24) is 0 Å². The second-order valence-corrected chi connectivity index (χ2v) is 7.43. The van der Waals surface area contributed by atoms with Crippen molar-refractivity contribution >= 4 is 11.0 Å². The molecule has 25 heavy (non-hydrogen) atoms. The Hall–Kier alpha value is -1.97. The fourth-order valence-electron chi connectivity index (χ4n) is 3.76. The standard InChI is InChI=1S/C21H28O4/c1-4-5-6-7-14(3)24-15-11-18(22)20-17-10-13(2)8-9-16(17)21(23)25-19(20)12-15/h11-14,22H,4-10H2,1-3H3. The lowest BCUT2D eigenvalue weighted by Gasteiger charge is -2.22. The molecule has 3 rings (SSSR count). The van der Waals surface area contributed by atoms with Crippen LogP contribution in [0, 0.1) is 5.92 Å². The summed E-state index contributed by atoms with van der Waals surface area (Å²) in [6.45, 7) is 6.38. The fraction of sp³-hybridized carbons (Fsp3) is 0.571. The number of phenolic OH excluding ortho intramolecular Hbond substituents is 1. The Labute approximate surface area is 148 Å². The monoisotopic (exact) mass is 344 g/mol. The molecular weight excluding hydrogens is 316 g/mol. The summed E-state index contributed by atoms with van der Waals surface area (Å²) >= 11 is 0. The molecule has 0 bridgehead atoms. The highest BCUT2D eigenvalue weighted by Gasteiger charge is 2.24. The number of aromatic hydroxyl groups is 1. The zero-order chi connectivity index (χ0) is 18.0. The van der Waals surface area contributed by atoms with Gasteiger partial charge in [0.1, 0.15) is 17.1 Å². The summed E-state index contributed by atoms with van der Waals surface area (Å²) in [6.07, 6.45) is 7.04. The van der Waals surface area contributed by atoms with Crippen LogP contribution in [0.5, 0.6) is 11.5 Å². The van der Waals surface area contributed by atoms with Gasteiger partial charge in [0, 0.05) is 17.7 Å². The van der Waals surface area contributed by atoms with Crippen LogP contribution < -0.4 is 10.4 Å². The predicted octanol–water partition coefficient (Wildman–Crippen LogP) is 4.97. The van der Waals surface area contributed by atoms with E-state index >= 15 is 0 Å². The summed E-state index contributed by atoms with van der Waals surface area (Å²) in [6, 6.07) is 3.39. The van der Waals surface area contributed by atoms with Crippen LogP contribution in [0.25, 0.3) is 11.0 Å². The first-order chi connectivity index (χ1) is 12.0. The number of ether oxygens (including phenoxy) is 1. The van der Waals surface area contributed by atoms with Crippen molar-refractivity contribution in [2.24, 2.45) is 5.92 Å². The Balaban J connectivity index is 1.93. The maximum Gasteiger partial charge on any atom is 0.339 e. The van der Waals surface area contributed by atoms with Crippen LogP contribution in [-0.4, -0.2) is 11.2 Å². The molecule has 0 amide bonds. The van der Waals surface area contributed by atoms with Crippen LogP contribution in [0.4, 0.5) is 0 Å². The van der Waals surface area contributed by atoms with Crippen LogP contribution in [0.1, 0.15) is 64.0 Å². The van der Waals surface area contributed by atoms with Crippen LogP contribution in [0.3, 0.4) is 0 Å². The first-order valence-electron chi connectivity index (χ1n) is 9.47. The van der Waals surface area contributed by atoms with E-state index in [1.54, 1.807) is 12.1 Å². The minimum Gasteiger partial charge on any atom is -0.507 e. The van der Waals surface area contributed by atoms with E-state index in [2.05, 4.69) is 13.8 Å². The maximum atomic E-state index is 12.3. The quantitative estimate of drug-likeness (QED) is 0.593. The Bertz CT molecular complexity index is 806. The van der Waals surface area contributed by atoms with E-state index in [4.69, 9.17) is 9.15 Å². The van der Waals surface area contributed by atoms with Gasteiger partial charge >= 0.3 is 5.63 Å². The van der Waals surface area contributed by atoms with Crippen LogP contribution in [0.2, 0.25) is 0 Å². The average molecular weight is 344 g/mol. The lowest BCUT2D eigenvalue weighted by molar-refractivity contribution is 0.206. The van der Waals surface area contributed by atoms with Gasteiger partial charge in [-0.2, -0.15) is 0 Å². The van der Waals surface area contributed by atoms with Crippen LogP contribution in [0.15, 0.2) is 21.3 Å². The van der Waals surface area contributed by atoms with Crippen molar-refractivity contribution in [1.29, 1.82) is 0 Å². The minimum atomic E-state index is -0.276. The lowest BCUT2D eigenvalue weighted by Crippen LogP contribution is -2.20. The molecule has 2 atom stereocenters. The molecule has 1 N–H and O–H groups in total. The number of rotatable bonds is 6. The van der Waals surface area contributed by atoms with E-state index in [9.17, 15) is 9.90 Å². The fourth-order valence-corrected chi connectivity index (χ4v) is 3.76. The van der Waals surface area contributed by atoms with Gasteiger partial charge < -0.3 is 14.3 Å². The van der Waals surface area contributed by atoms with Crippen molar-refractivity contribution in [2.45, 2.75) is 71.8 Å². The lowest BCUT2D eigenvalue weighted by atomic mass is 9.84. The number of unbranched alkanes of at least 4 members (excludes halogenated alkanes) is 2. The van der Waals surface area contributed by atoms with E-state index in [0.717, 1.165) is 43.2 Å². The highest BCUT2D eigenvalue weighted by Crippen LogP contribution is 2.37. The van der Waals surface area contributed by atoms with E-state index in [0.29, 0.717) is 22.6 Å².